The predicted octanol–water partition coefficient (Wildman–Crippen LogP) is 8.83. The predicted molar refractivity (Wildman–Crippen MR) is 192 cm³/mol. The van der Waals surface area contributed by atoms with Crippen LogP contribution < -0.4 is 0 Å². The molecule has 3 aromatic heterocycles. The van der Waals surface area contributed by atoms with Crippen molar-refractivity contribution >= 4 is 23.2 Å². The van der Waals surface area contributed by atoms with Crippen molar-refractivity contribution in [2.45, 2.75) is 90.5 Å². The maximum Gasteiger partial charge on any atom is 0.410 e. The Kier molecular flexibility index (Phi) is 8.61. The summed E-state index contributed by atoms with van der Waals surface area (Å²) in [6, 6.07) is 18.2. The normalized spacial score (nSPS) is 18.2. The molecule has 2 aliphatic rings. The van der Waals surface area contributed by atoms with E-state index in [9.17, 15) is 9.59 Å². The number of rotatable bonds is 5. The van der Waals surface area contributed by atoms with E-state index in [-0.39, 0.29) is 24.3 Å². The summed E-state index contributed by atoms with van der Waals surface area (Å²) in [6.07, 6.45) is 6.62. The first-order valence-corrected chi connectivity index (χ1v) is 17.4. The number of amides is 2. The Balaban J connectivity index is 1.03. The van der Waals surface area contributed by atoms with E-state index in [1.165, 1.54) is 0 Å². The van der Waals surface area contributed by atoms with Crippen LogP contribution >= 0.6 is 0 Å². The van der Waals surface area contributed by atoms with Crippen LogP contribution in [0.2, 0.25) is 0 Å². The summed E-state index contributed by atoms with van der Waals surface area (Å²) in [5.74, 6) is 1.56. The Morgan fingerprint density at radius 2 is 1.26 bits per heavy atom. The first-order valence-electron chi connectivity index (χ1n) is 17.4. The molecule has 0 saturated carbocycles. The number of fused-ring (bicyclic) bond motifs is 1. The number of hydrogen-bond acceptors (Lipinski definition) is 7. The molecule has 11 nitrogen and oxygen atoms in total. The number of benzene rings is 2. The largest absolute Gasteiger partial charge is 0.444 e. The number of imidazole rings is 2. The van der Waals surface area contributed by atoms with Gasteiger partial charge in [-0.05, 0) is 96.6 Å². The van der Waals surface area contributed by atoms with E-state index in [0.717, 1.165) is 82.0 Å². The first kappa shape index (κ1) is 33.3. The van der Waals surface area contributed by atoms with Gasteiger partial charge in [-0.3, -0.25) is 14.8 Å². The van der Waals surface area contributed by atoms with Crippen molar-refractivity contribution < 1.29 is 19.1 Å². The molecule has 7 rings (SSSR count). The lowest BCUT2D eigenvalue weighted by Gasteiger charge is -2.27. The van der Waals surface area contributed by atoms with Gasteiger partial charge in [-0.15, -0.1) is 0 Å². The van der Waals surface area contributed by atoms with Crippen LogP contribution in [0.3, 0.4) is 0 Å². The molecule has 5 aromatic rings. The molecule has 0 aliphatic carbocycles. The van der Waals surface area contributed by atoms with Crippen LogP contribution in [-0.4, -0.2) is 71.2 Å². The summed E-state index contributed by atoms with van der Waals surface area (Å²) < 4.78 is 11.3. The standard InChI is InChI=1S/C39H45N7O4/c1-38(2,3)49-36(47)45-19-7-9-32(45)34-41-23-31(44-34)25-13-11-24(12-14-25)28-17-16-27(22-40-28)26-15-18-29-30(21-26)43-35(42-29)33-10-8-20-46(33)37(48)50-39(4,5)6/h11-18,21-23,32-33H,7-10,19-20H2,1-6H3,(H,41,44)(H,42,43)/t32-,33-/m0/s1. The molecule has 11 heteroatoms. The van der Waals surface area contributed by atoms with Crippen LogP contribution in [0.25, 0.3) is 44.7 Å². The number of aromatic nitrogens is 5. The minimum Gasteiger partial charge on any atom is -0.444 e. The number of carbonyl (C=O) groups is 2. The summed E-state index contributed by atoms with van der Waals surface area (Å²) in [4.78, 5) is 50.4. The highest BCUT2D eigenvalue weighted by molar-refractivity contribution is 5.82. The van der Waals surface area contributed by atoms with Gasteiger partial charge in [-0.1, -0.05) is 36.4 Å². The fourth-order valence-corrected chi connectivity index (χ4v) is 6.75. The number of pyridine rings is 1. The number of likely N-dealkylation sites (tertiary alicyclic amines) is 2. The number of hydrogen-bond donors (Lipinski definition) is 2. The van der Waals surface area contributed by atoms with Gasteiger partial charge in [0.15, 0.2) is 0 Å². The molecule has 2 fully saturated rings. The van der Waals surface area contributed by atoms with Gasteiger partial charge in [0, 0.05) is 30.4 Å². The van der Waals surface area contributed by atoms with E-state index in [0.29, 0.717) is 13.1 Å². The number of H-pyrrole nitrogens is 2. The molecule has 2 saturated heterocycles. The summed E-state index contributed by atoms with van der Waals surface area (Å²) in [6.45, 7) is 12.6. The van der Waals surface area contributed by atoms with E-state index in [4.69, 9.17) is 19.4 Å². The van der Waals surface area contributed by atoms with E-state index in [1.54, 1.807) is 9.80 Å². The van der Waals surface area contributed by atoms with Crippen LogP contribution in [-0.2, 0) is 9.47 Å². The Labute approximate surface area is 292 Å². The molecule has 0 spiro atoms. The van der Waals surface area contributed by atoms with Crippen molar-refractivity contribution in [2.75, 3.05) is 13.1 Å². The molecule has 5 heterocycles. The van der Waals surface area contributed by atoms with E-state index in [2.05, 4.69) is 57.4 Å². The zero-order chi connectivity index (χ0) is 35.2. The Morgan fingerprint density at radius 1 is 0.680 bits per heavy atom. The summed E-state index contributed by atoms with van der Waals surface area (Å²) >= 11 is 0. The molecule has 2 N–H and O–H groups in total. The second kappa shape index (κ2) is 12.9. The van der Waals surface area contributed by atoms with Gasteiger partial charge in [-0.25, -0.2) is 19.6 Å². The number of aromatic amines is 2. The maximum atomic E-state index is 12.9. The molecular weight excluding hydrogens is 630 g/mol. The van der Waals surface area contributed by atoms with Gasteiger partial charge in [0.25, 0.3) is 0 Å². The first-order chi connectivity index (χ1) is 23.8. The van der Waals surface area contributed by atoms with Crippen molar-refractivity contribution in [3.63, 3.8) is 0 Å². The second-order valence-corrected chi connectivity index (χ2v) is 15.2. The average molecular weight is 676 g/mol. The molecule has 2 amide bonds. The minimum atomic E-state index is -0.546. The van der Waals surface area contributed by atoms with Crippen molar-refractivity contribution in [2.24, 2.45) is 0 Å². The molecule has 260 valence electrons. The third kappa shape index (κ3) is 7.08. The van der Waals surface area contributed by atoms with Crippen molar-refractivity contribution in [3.8, 4) is 33.6 Å². The van der Waals surface area contributed by atoms with Gasteiger partial charge in [0.05, 0.1) is 40.7 Å². The van der Waals surface area contributed by atoms with Crippen LogP contribution in [0.4, 0.5) is 9.59 Å². The Morgan fingerprint density at radius 3 is 1.86 bits per heavy atom. The molecule has 2 aromatic carbocycles. The van der Waals surface area contributed by atoms with Crippen LogP contribution in [0.5, 0.6) is 0 Å². The lowest BCUT2D eigenvalue weighted by atomic mass is 10.0. The average Bonchev–Trinajstić information content (AvgIpc) is 3.88. The topological polar surface area (TPSA) is 129 Å². The Hall–Kier alpha value is -5.19. The van der Waals surface area contributed by atoms with Gasteiger partial charge in [0.2, 0.25) is 0 Å². The molecule has 0 bridgehead atoms. The molecule has 2 aliphatic heterocycles. The molecule has 0 radical (unpaired) electrons. The smallest absolute Gasteiger partial charge is 0.410 e. The zero-order valence-electron chi connectivity index (χ0n) is 29.6. The summed E-state index contributed by atoms with van der Waals surface area (Å²) in [5.41, 5.74) is 6.47. The van der Waals surface area contributed by atoms with E-state index >= 15 is 0 Å². The maximum absolute atomic E-state index is 12.9. The van der Waals surface area contributed by atoms with Gasteiger partial charge >= 0.3 is 12.2 Å². The van der Waals surface area contributed by atoms with E-state index in [1.807, 2.05) is 66.1 Å². The summed E-state index contributed by atoms with van der Waals surface area (Å²) in [5, 5.41) is 0. The van der Waals surface area contributed by atoms with E-state index < -0.39 is 11.2 Å². The highest BCUT2D eigenvalue weighted by Gasteiger charge is 2.36. The molecule has 0 unspecified atom stereocenters. The minimum absolute atomic E-state index is 0.127. The highest BCUT2D eigenvalue weighted by Crippen LogP contribution is 2.35. The molecular formula is C39H45N7O4. The SMILES string of the molecule is CC(C)(C)OC(=O)N1CCC[C@H]1c1ncc(-c2ccc(-c3ccc(-c4ccc5[nH]c([C@@H]6CCCN6C(=O)OC(C)(C)C)nc5c4)cn3)cc2)[nH]1. The van der Waals surface area contributed by atoms with Gasteiger partial charge in [-0.2, -0.15) is 0 Å². The third-order valence-corrected chi connectivity index (χ3v) is 9.08. The monoisotopic (exact) mass is 675 g/mol. The van der Waals surface area contributed by atoms with Gasteiger partial charge < -0.3 is 19.4 Å². The quantitative estimate of drug-likeness (QED) is 0.190. The fourth-order valence-electron chi connectivity index (χ4n) is 6.75. The van der Waals surface area contributed by atoms with Gasteiger partial charge in [0.1, 0.15) is 22.9 Å². The van der Waals surface area contributed by atoms with Crippen LogP contribution in [0.15, 0.2) is 67.0 Å². The van der Waals surface area contributed by atoms with Crippen molar-refractivity contribution in [3.05, 3.63) is 78.6 Å². The number of carbonyl (C=O) groups excluding carboxylic acids is 2. The lowest BCUT2D eigenvalue weighted by Crippen LogP contribution is -2.36. The van der Waals surface area contributed by atoms with Crippen molar-refractivity contribution in [1.29, 1.82) is 0 Å². The number of nitrogens with zero attached hydrogens (tertiary/aromatic N) is 5. The highest BCUT2D eigenvalue weighted by atomic mass is 16.6. The fraction of sp³-hybridized carbons (Fsp3) is 0.410. The zero-order valence-corrected chi connectivity index (χ0v) is 29.6. The van der Waals surface area contributed by atoms with Crippen molar-refractivity contribution in [1.82, 2.24) is 34.7 Å². The Bertz CT molecular complexity index is 2000. The van der Waals surface area contributed by atoms with Crippen LogP contribution in [0, 0.1) is 0 Å². The lowest BCUT2D eigenvalue weighted by molar-refractivity contribution is 0.0208. The molecule has 50 heavy (non-hydrogen) atoms. The third-order valence-electron chi connectivity index (χ3n) is 9.08. The second-order valence-electron chi connectivity index (χ2n) is 15.2. The molecule has 2 atom stereocenters. The number of nitrogens with one attached hydrogen (secondary N) is 2. The summed E-state index contributed by atoms with van der Waals surface area (Å²) in [7, 11) is 0. The number of ether oxygens (including phenoxy) is 2. The van der Waals surface area contributed by atoms with Crippen LogP contribution in [0.1, 0.15) is 91.0 Å².